The Morgan fingerprint density at radius 3 is 2.32 bits per heavy atom. The number of hydrogen-bond donors (Lipinski definition) is 2. The van der Waals surface area contributed by atoms with Crippen LogP contribution in [0, 0.1) is 0 Å². The van der Waals surface area contributed by atoms with Gasteiger partial charge in [0.15, 0.2) is 0 Å². The van der Waals surface area contributed by atoms with Gasteiger partial charge >= 0.3 is 5.97 Å². The summed E-state index contributed by atoms with van der Waals surface area (Å²) in [5, 5.41) is 19.5. The second kappa shape index (κ2) is 9.74. The zero-order valence-corrected chi connectivity index (χ0v) is 16.7. The zero-order chi connectivity index (χ0) is 20.7. The minimum atomic E-state index is -4.16. The molecule has 2 aromatic rings. The van der Waals surface area contributed by atoms with E-state index in [1.165, 1.54) is 14.0 Å². The Hall–Kier alpha value is -2.33. The lowest BCUT2D eigenvalue weighted by atomic mass is 10.1. The minimum Gasteiger partial charge on any atom is -0.480 e. The first-order chi connectivity index (χ1) is 13.2. The Morgan fingerprint density at radius 2 is 1.79 bits per heavy atom. The fourth-order valence-corrected chi connectivity index (χ4v) is 4.31. The van der Waals surface area contributed by atoms with Crippen LogP contribution in [0.1, 0.15) is 18.2 Å². The first-order valence-electron chi connectivity index (χ1n) is 8.81. The second-order valence-corrected chi connectivity index (χ2v) is 8.44. The van der Waals surface area contributed by atoms with E-state index < -0.39 is 28.3 Å². The Kier molecular flexibility index (Phi) is 7.64. The van der Waals surface area contributed by atoms with Gasteiger partial charge in [0.25, 0.3) is 10.2 Å². The number of pyridine rings is 1. The van der Waals surface area contributed by atoms with Crippen molar-refractivity contribution in [1.82, 2.24) is 13.6 Å². The number of carbonyl (C=O) groups is 1. The summed E-state index contributed by atoms with van der Waals surface area (Å²) in [5.74, 6) is -1.41. The lowest BCUT2D eigenvalue weighted by Gasteiger charge is -2.33. The summed E-state index contributed by atoms with van der Waals surface area (Å²) in [6, 6.07) is 12.4. The summed E-state index contributed by atoms with van der Waals surface area (Å²) in [6.45, 7) is 1.22. The largest absolute Gasteiger partial charge is 0.480 e. The van der Waals surface area contributed by atoms with Gasteiger partial charge in [0.05, 0.1) is 6.10 Å². The SMILES string of the molecule is CC(O)C(C(=O)O)N(Cc1ccccc1)S(=O)(=O)N(C)CCc1ccccn1. The average molecular weight is 407 g/mol. The molecule has 0 aliphatic heterocycles. The van der Waals surface area contributed by atoms with Gasteiger partial charge in [-0.15, -0.1) is 0 Å². The standard InChI is InChI=1S/C19H25N3O5S/c1-15(23)18(19(24)25)22(14-16-8-4-3-5-9-16)28(26,27)21(2)13-11-17-10-6-7-12-20-17/h3-10,12,15,18,23H,11,13-14H2,1-2H3,(H,24,25). The van der Waals surface area contributed by atoms with E-state index in [2.05, 4.69) is 4.98 Å². The van der Waals surface area contributed by atoms with Crippen molar-refractivity contribution in [3.8, 4) is 0 Å². The number of benzene rings is 1. The number of rotatable bonds is 10. The number of aliphatic hydroxyl groups is 1. The Bertz CT molecular complexity index is 860. The molecule has 0 fully saturated rings. The molecule has 1 aromatic carbocycles. The molecule has 0 saturated carbocycles. The average Bonchev–Trinajstić information content (AvgIpc) is 2.66. The van der Waals surface area contributed by atoms with Crippen molar-refractivity contribution < 1.29 is 23.4 Å². The van der Waals surface area contributed by atoms with Gasteiger partial charge in [0.1, 0.15) is 6.04 Å². The lowest BCUT2D eigenvalue weighted by Crippen LogP contribution is -2.54. The number of aromatic nitrogens is 1. The Morgan fingerprint density at radius 1 is 1.14 bits per heavy atom. The number of aliphatic hydroxyl groups excluding tert-OH is 1. The summed E-state index contributed by atoms with van der Waals surface area (Å²) in [5.41, 5.74) is 1.35. The fraction of sp³-hybridized carbons (Fsp3) is 0.368. The van der Waals surface area contributed by atoms with E-state index in [1.54, 1.807) is 48.7 Å². The van der Waals surface area contributed by atoms with Crippen molar-refractivity contribution in [3.63, 3.8) is 0 Å². The molecule has 2 unspecified atom stereocenters. The molecule has 0 saturated heterocycles. The van der Waals surface area contributed by atoms with E-state index in [-0.39, 0.29) is 13.1 Å². The third-order valence-electron chi connectivity index (χ3n) is 4.30. The molecule has 8 nitrogen and oxygen atoms in total. The minimum absolute atomic E-state index is 0.122. The molecule has 0 radical (unpaired) electrons. The van der Waals surface area contributed by atoms with Crippen molar-refractivity contribution in [3.05, 3.63) is 66.0 Å². The topological polar surface area (TPSA) is 111 Å². The number of carboxylic acids is 1. The third-order valence-corrected chi connectivity index (χ3v) is 6.22. The highest BCUT2D eigenvalue weighted by Crippen LogP contribution is 2.19. The molecule has 9 heteroatoms. The molecule has 28 heavy (non-hydrogen) atoms. The van der Waals surface area contributed by atoms with Crippen LogP contribution in [0.25, 0.3) is 0 Å². The van der Waals surface area contributed by atoms with E-state index in [0.717, 1.165) is 14.3 Å². The van der Waals surface area contributed by atoms with Gasteiger partial charge in [-0.3, -0.25) is 9.78 Å². The maximum atomic E-state index is 13.2. The Balaban J connectivity index is 2.29. The van der Waals surface area contributed by atoms with E-state index in [9.17, 15) is 23.4 Å². The molecule has 2 atom stereocenters. The fourth-order valence-electron chi connectivity index (χ4n) is 2.77. The predicted molar refractivity (Wildman–Crippen MR) is 105 cm³/mol. The van der Waals surface area contributed by atoms with Gasteiger partial charge in [0, 0.05) is 38.4 Å². The summed E-state index contributed by atoms with van der Waals surface area (Å²) < 4.78 is 28.2. The third kappa shape index (κ3) is 5.59. The highest BCUT2D eigenvalue weighted by molar-refractivity contribution is 7.86. The number of aliphatic carboxylic acids is 1. The molecule has 1 heterocycles. The predicted octanol–water partition coefficient (Wildman–Crippen LogP) is 1.14. The molecule has 2 N–H and O–H groups in total. The molecule has 152 valence electrons. The number of carboxylic acid groups (broad SMARTS) is 1. The summed E-state index contributed by atoms with van der Waals surface area (Å²) >= 11 is 0. The van der Waals surface area contributed by atoms with Crippen LogP contribution in [0.4, 0.5) is 0 Å². The highest BCUT2D eigenvalue weighted by atomic mass is 32.2. The van der Waals surface area contributed by atoms with Gasteiger partial charge < -0.3 is 10.2 Å². The monoisotopic (exact) mass is 407 g/mol. The first kappa shape index (κ1) is 22.0. The molecule has 0 amide bonds. The van der Waals surface area contributed by atoms with Crippen LogP contribution in [0.5, 0.6) is 0 Å². The van der Waals surface area contributed by atoms with Gasteiger partial charge in [0.2, 0.25) is 0 Å². The van der Waals surface area contributed by atoms with Crippen LogP contribution in [-0.2, 0) is 28.0 Å². The van der Waals surface area contributed by atoms with Crippen molar-refractivity contribution in [2.45, 2.75) is 32.0 Å². The summed E-state index contributed by atoms with van der Waals surface area (Å²) in [7, 11) is -2.77. The molecule has 2 rings (SSSR count). The van der Waals surface area contributed by atoms with Gasteiger partial charge in [-0.05, 0) is 24.6 Å². The maximum Gasteiger partial charge on any atom is 0.324 e. The molecule has 0 spiro atoms. The van der Waals surface area contributed by atoms with E-state index >= 15 is 0 Å². The van der Waals surface area contributed by atoms with Crippen LogP contribution >= 0.6 is 0 Å². The van der Waals surface area contributed by atoms with Crippen LogP contribution in [0.3, 0.4) is 0 Å². The quantitative estimate of drug-likeness (QED) is 0.611. The van der Waals surface area contributed by atoms with E-state index in [1.807, 2.05) is 6.07 Å². The second-order valence-electron chi connectivity index (χ2n) is 6.45. The van der Waals surface area contributed by atoms with Crippen LogP contribution in [0.2, 0.25) is 0 Å². The van der Waals surface area contributed by atoms with Crippen LogP contribution in [0.15, 0.2) is 54.7 Å². The van der Waals surface area contributed by atoms with E-state index in [4.69, 9.17) is 0 Å². The van der Waals surface area contributed by atoms with Gasteiger partial charge in [-0.2, -0.15) is 17.0 Å². The molecule has 0 aliphatic carbocycles. The van der Waals surface area contributed by atoms with Gasteiger partial charge in [-0.25, -0.2) is 0 Å². The van der Waals surface area contributed by atoms with Crippen LogP contribution < -0.4 is 0 Å². The summed E-state index contributed by atoms with van der Waals surface area (Å²) in [6.07, 6.45) is 0.613. The highest BCUT2D eigenvalue weighted by Gasteiger charge is 2.40. The Labute approximate surface area is 165 Å². The van der Waals surface area contributed by atoms with Crippen molar-refractivity contribution >= 4 is 16.2 Å². The number of hydrogen-bond acceptors (Lipinski definition) is 5. The number of likely N-dealkylation sites (N-methyl/N-ethyl adjacent to an activating group) is 1. The molecule has 0 aliphatic rings. The first-order valence-corrected chi connectivity index (χ1v) is 10.2. The van der Waals surface area contributed by atoms with E-state index in [0.29, 0.717) is 12.0 Å². The number of nitrogens with zero attached hydrogens (tertiary/aromatic N) is 3. The van der Waals surface area contributed by atoms with Crippen molar-refractivity contribution in [2.75, 3.05) is 13.6 Å². The normalized spacial score (nSPS) is 14.2. The molecular weight excluding hydrogens is 382 g/mol. The van der Waals surface area contributed by atoms with Crippen molar-refractivity contribution in [2.24, 2.45) is 0 Å². The lowest BCUT2D eigenvalue weighted by molar-refractivity contribution is -0.145. The van der Waals surface area contributed by atoms with Crippen molar-refractivity contribution in [1.29, 1.82) is 0 Å². The van der Waals surface area contributed by atoms with Gasteiger partial charge in [-0.1, -0.05) is 36.4 Å². The zero-order valence-electron chi connectivity index (χ0n) is 15.8. The smallest absolute Gasteiger partial charge is 0.324 e. The summed E-state index contributed by atoms with van der Waals surface area (Å²) in [4.78, 5) is 15.9. The van der Waals surface area contributed by atoms with Crippen LogP contribution in [-0.4, -0.2) is 63.9 Å². The molecular formula is C19H25N3O5S. The molecule has 0 bridgehead atoms. The molecule has 1 aromatic heterocycles. The maximum absolute atomic E-state index is 13.2.